The van der Waals surface area contributed by atoms with Crippen molar-refractivity contribution in [1.82, 2.24) is 15.0 Å². The van der Waals surface area contributed by atoms with Gasteiger partial charge >= 0.3 is 0 Å². The van der Waals surface area contributed by atoms with Gasteiger partial charge in [-0.2, -0.15) is 0 Å². The molecule has 3 nitrogen and oxygen atoms in total. The average molecular weight is 662 g/mol. The molecule has 0 N–H and O–H groups in total. The Morgan fingerprint density at radius 1 is 0.250 bits per heavy atom. The summed E-state index contributed by atoms with van der Waals surface area (Å²) in [6.07, 6.45) is 0. The van der Waals surface area contributed by atoms with Gasteiger partial charge in [0.1, 0.15) is 0 Å². The monoisotopic (exact) mass is 661 g/mol. The summed E-state index contributed by atoms with van der Waals surface area (Å²) in [7, 11) is 0. The minimum Gasteiger partial charge on any atom is -0.208 e. The van der Waals surface area contributed by atoms with Crippen molar-refractivity contribution in [2.75, 3.05) is 0 Å². The van der Waals surface area contributed by atoms with Gasteiger partial charge in [-0.15, -0.1) is 0 Å². The van der Waals surface area contributed by atoms with Gasteiger partial charge in [0, 0.05) is 16.7 Å². The van der Waals surface area contributed by atoms with Gasteiger partial charge in [0.2, 0.25) is 0 Å². The van der Waals surface area contributed by atoms with E-state index in [9.17, 15) is 0 Å². The summed E-state index contributed by atoms with van der Waals surface area (Å²) in [4.78, 5) is 15.2. The fourth-order valence-electron chi connectivity index (χ4n) is 7.57. The Morgan fingerprint density at radius 3 is 1.40 bits per heavy atom. The maximum Gasteiger partial charge on any atom is 0.164 e. The zero-order valence-electron chi connectivity index (χ0n) is 28.2. The zero-order valence-corrected chi connectivity index (χ0v) is 28.2. The highest BCUT2D eigenvalue weighted by atomic mass is 15.0. The predicted octanol–water partition coefficient (Wildman–Crippen LogP) is 12.8. The van der Waals surface area contributed by atoms with E-state index < -0.39 is 0 Å². The van der Waals surface area contributed by atoms with E-state index in [1.807, 2.05) is 36.4 Å². The van der Waals surface area contributed by atoms with Crippen molar-refractivity contribution in [2.45, 2.75) is 0 Å². The molecule has 1 heterocycles. The van der Waals surface area contributed by atoms with Crippen molar-refractivity contribution in [3.8, 4) is 56.4 Å². The Morgan fingerprint density at radius 2 is 0.731 bits per heavy atom. The van der Waals surface area contributed by atoms with Crippen molar-refractivity contribution in [1.29, 1.82) is 0 Å². The van der Waals surface area contributed by atoms with Crippen molar-refractivity contribution in [2.24, 2.45) is 0 Å². The molecule has 0 saturated heterocycles. The molecule has 9 aromatic carbocycles. The third kappa shape index (κ3) is 5.19. The van der Waals surface area contributed by atoms with Gasteiger partial charge < -0.3 is 0 Å². The molecule has 0 fully saturated rings. The Bertz CT molecular complexity index is 2880. The normalized spacial score (nSPS) is 11.5. The summed E-state index contributed by atoms with van der Waals surface area (Å²) in [5, 5.41) is 9.96. The molecular weight excluding hydrogens is 631 g/mol. The van der Waals surface area contributed by atoms with Gasteiger partial charge in [-0.3, -0.25) is 0 Å². The first-order valence-corrected chi connectivity index (χ1v) is 17.6. The van der Waals surface area contributed by atoms with Gasteiger partial charge in [0.05, 0.1) is 0 Å². The van der Waals surface area contributed by atoms with Crippen LogP contribution >= 0.6 is 0 Å². The average Bonchev–Trinajstić information content (AvgIpc) is 3.23. The lowest BCUT2D eigenvalue weighted by Crippen LogP contribution is -2.00. The Kier molecular flexibility index (Phi) is 7.14. The maximum atomic E-state index is 5.13. The summed E-state index contributed by atoms with van der Waals surface area (Å²) < 4.78 is 0. The lowest BCUT2D eigenvalue weighted by atomic mass is 9.87. The molecule has 52 heavy (non-hydrogen) atoms. The fraction of sp³-hybridized carbons (Fsp3) is 0. The van der Waals surface area contributed by atoms with Crippen LogP contribution in [-0.4, -0.2) is 15.0 Å². The quantitative estimate of drug-likeness (QED) is 0.172. The number of benzene rings is 9. The molecule has 10 rings (SSSR count). The zero-order chi connectivity index (χ0) is 34.4. The molecule has 242 valence electrons. The molecule has 0 aliphatic rings. The van der Waals surface area contributed by atoms with Gasteiger partial charge in [0.15, 0.2) is 17.5 Å². The lowest BCUT2D eigenvalue weighted by Gasteiger charge is -2.17. The molecule has 0 saturated carbocycles. The highest BCUT2D eigenvalue weighted by Crippen LogP contribution is 2.42. The van der Waals surface area contributed by atoms with E-state index in [-0.39, 0.29) is 0 Å². The molecule has 0 aliphatic carbocycles. The third-order valence-corrected chi connectivity index (χ3v) is 10.1. The van der Waals surface area contributed by atoms with Crippen molar-refractivity contribution in [3.05, 3.63) is 188 Å². The van der Waals surface area contributed by atoms with Crippen LogP contribution in [0.4, 0.5) is 0 Å². The highest BCUT2D eigenvalue weighted by molar-refractivity contribution is 6.27. The molecule has 0 atom stereocenters. The maximum absolute atomic E-state index is 5.13. The molecule has 10 aromatic rings. The van der Waals surface area contributed by atoms with Crippen LogP contribution in [0.3, 0.4) is 0 Å². The molecule has 0 unspecified atom stereocenters. The Hall–Kier alpha value is -6.97. The summed E-state index contributed by atoms with van der Waals surface area (Å²) >= 11 is 0. The topological polar surface area (TPSA) is 38.7 Å². The third-order valence-electron chi connectivity index (χ3n) is 10.1. The van der Waals surface area contributed by atoms with E-state index in [1.165, 1.54) is 48.7 Å². The second kappa shape index (κ2) is 12.4. The molecule has 0 aliphatic heterocycles. The van der Waals surface area contributed by atoms with E-state index in [0.29, 0.717) is 17.5 Å². The van der Waals surface area contributed by atoms with E-state index in [2.05, 4.69) is 152 Å². The molecule has 0 amide bonds. The number of fused-ring (bicyclic) bond motifs is 7. The van der Waals surface area contributed by atoms with Crippen LogP contribution in [-0.2, 0) is 0 Å². The molecule has 0 bridgehead atoms. The van der Waals surface area contributed by atoms with E-state index in [4.69, 9.17) is 15.0 Å². The molecule has 3 heteroatoms. The second-order valence-electron chi connectivity index (χ2n) is 13.2. The largest absolute Gasteiger partial charge is 0.208 e. The van der Waals surface area contributed by atoms with E-state index >= 15 is 0 Å². The summed E-state index contributed by atoms with van der Waals surface area (Å²) in [5.41, 5.74) is 7.34. The molecule has 0 spiro atoms. The van der Waals surface area contributed by atoms with Crippen LogP contribution in [0.5, 0.6) is 0 Å². The standard InChI is InChI=1S/C49H31N3/c1-4-14-32(15-5-1)37-28-38(30-39(29-37)49-51-47(34-17-6-2-7-18-34)50-48(52-49)35-19-8-3-9-20-35)45-31-36-21-11-13-23-41(36)46-43-25-24-33-16-10-12-22-40(33)42(43)26-27-44(45)46/h1-31H. The predicted molar refractivity (Wildman–Crippen MR) is 217 cm³/mol. The number of hydrogen-bond donors (Lipinski definition) is 0. The summed E-state index contributed by atoms with van der Waals surface area (Å²) in [6, 6.07) is 66.6. The first kappa shape index (κ1) is 29.9. The van der Waals surface area contributed by atoms with Crippen LogP contribution in [0.15, 0.2) is 188 Å². The lowest BCUT2D eigenvalue weighted by molar-refractivity contribution is 1.07. The van der Waals surface area contributed by atoms with Crippen LogP contribution in [0, 0.1) is 0 Å². The first-order chi connectivity index (χ1) is 25.8. The number of nitrogens with zero attached hydrogens (tertiary/aromatic N) is 3. The van der Waals surface area contributed by atoms with Gasteiger partial charge in [-0.05, 0) is 89.6 Å². The number of rotatable bonds is 5. The van der Waals surface area contributed by atoms with Crippen LogP contribution in [0.2, 0.25) is 0 Å². The molecular formula is C49H31N3. The van der Waals surface area contributed by atoms with Crippen molar-refractivity contribution >= 4 is 43.1 Å². The smallest absolute Gasteiger partial charge is 0.164 e. The Labute approximate surface area is 301 Å². The van der Waals surface area contributed by atoms with Gasteiger partial charge in [0.25, 0.3) is 0 Å². The van der Waals surface area contributed by atoms with Crippen LogP contribution < -0.4 is 0 Å². The SMILES string of the molecule is c1ccc(-c2cc(-c3nc(-c4ccccc4)nc(-c4ccccc4)n3)cc(-c3cc4ccccc4c4c3ccc3c5ccccc5ccc34)c2)cc1. The van der Waals surface area contributed by atoms with Crippen LogP contribution in [0.1, 0.15) is 0 Å². The fourth-order valence-corrected chi connectivity index (χ4v) is 7.57. The number of aromatic nitrogens is 3. The van der Waals surface area contributed by atoms with Crippen molar-refractivity contribution in [3.63, 3.8) is 0 Å². The van der Waals surface area contributed by atoms with Gasteiger partial charge in [-0.25, -0.2) is 15.0 Å². The van der Waals surface area contributed by atoms with Gasteiger partial charge in [-0.1, -0.05) is 164 Å². The molecule has 1 aromatic heterocycles. The second-order valence-corrected chi connectivity index (χ2v) is 13.2. The molecule has 0 radical (unpaired) electrons. The highest BCUT2D eigenvalue weighted by Gasteiger charge is 2.18. The van der Waals surface area contributed by atoms with Crippen molar-refractivity contribution < 1.29 is 0 Å². The summed E-state index contributed by atoms with van der Waals surface area (Å²) in [5.74, 6) is 1.92. The van der Waals surface area contributed by atoms with E-state index in [0.717, 1.165) is 33.4 Å². The minimum atomic E-state index is 0.633. The Balaban J connectivity index is 1.27. The van der Waals surface area contributed by atoms with Crippen LogP contribution in [0.25, 0.3) is 99.5 Å². The first-order valence-electron chi connectivity index (χ1n) is 17.6. The number of hydrogen-bond acceptors (Lipinski definition) is 3. The summed E-state index contributed by atoms with van der Waals surface area (Å²) in [6.45, 7) is 0. The van der Waals surface area contributed by atoms with E-state index in [1.54, 1.807) is 0 Å². The minimum absolute atomic E-state index is 0.633.